The van der Waals surface area contributed by atoms with E-state index in [0.29, 0.717) is 13.0 Å². The summed E-state index contributed by atoms with van der Waals surface area (Å²) in [6, 6.07) is -0.0412. The van der Waals surface area contributed by atoms with Gasteiger partial charge in [0.25, 0.3) is 0 Å². The van der Waals surface area contributed by atoms with Gasteiger partial charge >= 0.3 is 6.03 Å². The molecule has 0 spiro atoms. The molecule has 1 atom stereocenters. The van der Waals surface area contributed by atoms with Crippen LogP contribution < -0.4 is 5.32 Å². The third-order valence-corrected chi connectivity index (χ3v) is 2.47. The van der Waals surface area contributed by atoms with E-state index in [1.165, 1.54) is 0 Å². The summed E-state index contributed by atoms with van der Waals surface area (Å²) >= 11 is 0. The fraction of sp³-hybridized carbons (Fsp3) is 0.917. The molecule has 0 radical (unpaired) electrons. The number of nitrogens with zero attached hydrogens (tertiary/aromatic N) is 1. The summed E-state index contributed by atoms with van der Waals surface area (Å²) in [6.45, 7) is 9.25. The van der Waals surface area contributed by atoms with Crippen molar-refractivity contribution in [2.45, 2.75) is 46.6 Å². The molecule has 2 amide bonds. The molecule has 4 heteroatoms. The molecule has 0 saturated carbocycles. The molecule has 4 nitrogen and oxygen atoms in total. The van der Waals surface area contributed by atoms with E-state index >= 15 is 0 Å². The topological polar surface area (TPSA) is 52.6 Å². The van der Waals surface area contributed by atoms with Crippen LogP contribution in [0.5, 0.6) is 0 Å². The van der Waals surface area contributed by atoms with Crippen molar-refractivity contribution in [1.82, 2.24) is 10.2 Å². The molecule has 96 valence electrons. The first kappa shape index (κ1) is 15.2. The van der Waals surface area contributed by atoms with Crippen LogP contribution in [0, 0.1) is 5.41 Å². The van der Waals surface area contributed by atoms with Crippen molar-refractivity contribution in [1.29, 1.82) is 0 Å². The molecule has 0 fully saturated rings. The molecule has 0 aromatic heterocycles. The normalized spacial score (nSPS) is 13.4. The summed E-state index contributed by atoms with van der Waals surface area (Å²) < 4.78 is 0. The van der Waals surface area contributed by atoms with Crippen LogP contribution in [-0.2, 0) is 0 Å². The number of urea groups is 1. The van der Waals surface area contributed by atoms with E-state index in [0.717, 1.165) is 13.0 Å². The Morgan fingerprint density at radius 2 is 2.06 bits per heavy atom. The zero-order chi connectivity index (χ0) is 12.8. The Labute approximate surface area is 99.0 Å². The van der Waals surface area contributed by atoms with Gasteiger partial charge in [0.1, 0.15) is 0 Å². The van der Waals surface area contributed by atoms with Crippen molar-refractivity contribution in [3.05, 3.63) is 0 Å². The number of rotatable bonds is 6. The largest absolute Gasteiger partial charge is 0.393 e. The highest BCUT2D eigenvalue weighted by Gasteiger charge is 2.21. The summed E-state index contributed by atoms with van der Waals surface area (Å²) in [5.41, 5.74) is -0.0725. The van der Waals surface area contributed by atoms with Gasteiger partial charge in [-0.05, 0) is 25.2 Å². The van der Waals surface area contributed by atoms with Crippen molar-refractivity contribution in [3.8, 4) is 0 Å². The van der Waals surface area contributed by atoms with Crippen LogP contribution >= 0.6 is 0 Å². The van der Waals surface area contributed by atoms with Gasteiger partial charge in [0.15, 0.2) is 0 Å². The first-order chi connectivity index (χ1) is 7.28. The second kappa shape index (κ2) is 6.74. The average Bonchev–Trinajstić information content (AvgIpc) is 2.12. The number of nitrogens with one attached hydrogen (secondary N) is 1. The van der Waals surface area contributed by atoms with Crippen molar-refractivity contribution in [3.63, 3.8) is 0 Å². The van der Waals surface area contributed by atoms with Crippen LogP contribution in [0.15, 0.2) is 0 Å². The third kappa shape index (κ3) is 6.67. The van der Waals surface area contributed by atoms with Crippen LogP contribution in [0.25, 0.3) is 0 Å². The summed E-state index contributed by atoms with van der Waals surface area (Å²) in [5, 5.41) is 12.2. The van der Waals surface area contributed by atoms with Gasteiger partial charge in [0.05, 0.1) is 6.10 Å². The van der Waals surface area contributed by atoms with Gasteiger partial charge in [-0.1, -0.05) is 20.8 Å². The van der Waals surface area contributed by atoms with Gasteiger partial charge in [-0.15, -0.1) is 0 Å². The molecule has 0 heterocycles. The fourth-order valence-corrected chi connectivity index (χ4v) is 1.76. The lowest BCUT2D eigenvalue weighted by molar-refractivity contribution is 0.127. The minimum absolute atomic E-state index is 0.0412. The quantitative estimate of drug-likeness (QED) is 0.731. The number of carbonyl (C=O) groups excluding carboxylic acids is 1. The first-order valence-corrected chi connectivity index (χ1v) is 5.95. The highest BCUT2D eigenvalue weighted by Crippen LogP contribution is 2.21. The van der Waals surface area contributed by atoms with Gasteiger partial charge in [0, 0.05) is 20.1 Å². The molecule has 1 unspecified atom stereocenters. The average molecular weight is 230 g/mol. The molecular weight excluding hydrogens is 204 g/mol. The fourth-order valence-electron chi connectivity index (χ4n) is 1.76. The van der Waals surface area contributed by atoms with Crippen molar-refractivity contribution < 1.29 is 9.90 Å². The van der Waals surface area contributed by atoms with E-state index in [-0.39, 0.29) is 17.6 Å². The molecule has 0 aliphatic heterocycles. The molecule has 2 N–H and O–H groups in total. The van der Waals surface area contributed by atoms with Crippen molar-refractivity contribution >= 4 is 6.03 Å². The maximum atomic E-state index is 11.6. The molecule has 0 aliphatic carbocycles. The Bertz CT molecular complexity index is 215. The van der Waals surface area contributed by atoms with Gasteiger partial charge in [0.2, 0.25) is 0 Å². The number of carbonyl (C=O) groups is 1. The van der Waals surface area contributed by atoms with Crippen molar-refractivity contribution in [2.75, 3.05) is 20.1 Å². The van der Waals surface area contributed by atoms with E-state index in [1.807, 2.05) is 20.8 Å². The zero-order valence-corrected chi connectivity index (χ0v) is 11.2. The molecule has 0 bridgehead atoms. The van der Waals surface area contributed by atoms with E-state index in [1.54, 1.807) is 18.9 Å². The minimum Gasteiger partial charge on any atom is -0.393 e. The standard InChI is InChI=1S/C12H26N2O2/c1-6-7-14(5)11(16)13-9-12(3,4)8-10(2)15/h10,15H,6-9H2,1-5H3,(H,13,16). The number of amides is 2. The Morgan fingerprint density at radius 3 is 2.50 bits per heavy atom. The Morgan fingerprint density at radius 1 is 1.50 bits per heavy atom. The van der Waals surface area contributed by atoms with Crippen LogP contribution in [-0.4, -0.2) is 42.3 Å². The second-order valence-corrected chi connectivity index (χ2v) is 5.30. The summed E-state index contributed by atoms with van der Waals surface area (Å²) in [6.07, 6.45) is 1.31. The van der Waals surface area contributed by atoms with E-state index in [9.17, 15) is 9.90 Å². The van der Waals surface area contributed by atoms with Gasteiger partial charge in [-0.2, -0.15) is 0 Å². The zero-order valence-electron chi connectivity index (χ0n) is 11.2. The predicted molar refractivity (Wildman–Crippen MR) is 66.4 cm³/mol. The summed E-state index contributed by atoms with van der Waals surface area (Å²) in [5.74, 6) is 0. The molecule has 0 aliphatic rings. The molecule has 0 rings (SSSR count). The number of hydrogen-bond donors (Lipinski definition) is 2. The maximum Gasteiger partial charge on any atom is 0.317 e. The van der Waals surface area contributed by atoms with Crippen LogP contribution in [0.4, 0.5) is 4.79 Å². The Kier molecular flexibility index (Phi) is 6.41. The molecular formula is C12H26N2O2. The third-order valence-electron chi connectivity index (χ3n) is 2.47. The lowest BCUT2D eigenvalue weighted by Crippen LogP contribution is -2.42. The molecule has 0 aromatic rings. The second-order valence-electron chi connectivity index (χ2n) is 5.30. The highest BCUT2D eigenvalue weighted by molar-refractivity contribution is 5.73. The first-order valence-electron chi connectivity index (χ1n) is 5.95. The van der Waals surface area contributed by atoms with E-state index in [4.69, 9.17) is 0 Å². The SMILES string of the molecule is CCCN(C)C(=O)NCC(C)(C)CC(C)O. The van der Waals surface area contributed by atoms with Crippen LogP contribution in [0.3, 0.4) is 0 Å². The summed E-state index contributed by atoms with van der Waals surface area (Å²) in [7, 11) is 1.79. The molecule has 16 heavy (non-hydrogen) atoms. The van der Waals surface area contributed by atoms with Crippen LogP contribution in [0.2, 0.25) is 0 Å². The summed E-state index contributed by atoms with van der Waals surface area (Å²) in [4.78, 5) is 13.3. The van der Waals surface area contributed by atoms with Crippen LogP contribution in [0.1, 0.15) is 40.5 Å². The molecule has 0 aromatic carbocycles. The maximum absolute atomic E-state index is 11.6. The van der Waals surface area contributed by atoms with Gasteiger partial charge < -0.3 is 15.3 Å². The number of aliphatic hydroxyl groups excluding tert-OH is 1. The monoisotopic (exact) mass is 230 g/mol. The number of hydrogen-bond acceptors (Lipinski definition) is 2. The smallest absolute Gasteiger partial charge is 0.317 e. The lowest BCUT2D eigenvalue weighted by Gasteiger charge is -2.27. The lowest BCUT2D eigenvalue weighted by atomic mass is 9.87. The van der Waals surface area contributed by atoms with E-state index < -0.39 is 0 Å². The Balaban J connectivity index is 3.99. The van der Waals surface area contributed by atoms with Gasteiger partial charge in [-0.25, -0.2) is 4.79 Å². The van der Waals surface area contributed by atoms with E-state index in [2.05, 4.69) is 5.32 Å². The highest BCUT2D eigenvalue weighted by atomic mass is 16.3. The number of aliphatic hydroxyl groups is 1. The molecule has 0 saturated heterocycles. The predicted octanol–water partition coefficient (Wildman–Crippen LogP) is 1.83. The minimum atomic E-state index is -0.333. The Hall–Kier alpha value is -0.770. The van der Waals surface area contributed by atoms with Gasteiger partial charge in [-0.3, -0.25) is 0 Å². The van der Waals surface area contributed by atoms with Crippen molar-refractivity contribution in [2.24, 2.45) is 5.41 Å².